The minimum absolute atomic E-state index is 0.0101. The highest BCUT2D eigenvalue weighted by molar-refractivity contribution is 5.94. The van der Waals surface area contributed by atoms with E-state index >= 15 is 0 Å². The van der Waals surface area contributed by atoms with Gasteiger partial charge in [0.25, 0.3) is 5.91 Å². The van der Waals surface area contributed by atoms with Crippen molar-refractivity contribution in [2.75, 3.05) is 18.9 Å². The Morgan fingerprint density at radius 1 is 0.964 bits per heavy atom. The van der Waals surface area contributed by atoms with Crippen LogP contribution >= 0.6 is 0 Å². The fourth-order valence-corrected chi connectivity index (χ4v) is 2.68. The molecular weight excluding hydrogens is 354 g/mol. The number of benzene rings is 2. The number of nitrogens with one attached hydrogen (secondary N) is 2. The molecular formula is C22H23N3O3. The highest BCUT2D eigenvalue weighted by Crippen LogP contribution is 2.10. The van der Waals surface area contributed by atoms with Gasteiger partial charge in [-0.1, -0.05) is 30.3 Å². The molecule has 0 saturated carbocycles. The highest BCUT2D eigenvalue weighted by atomic mass is 16.3. The van der Waals surface area contributed by atoms with E-state index in [0.717, 1.165) is 11.3 Å². The van der Waals surface area contributed by atoms with Gasteiger partial charge in [0.05, 0.1) is 19.4 Å². The first kappa shape index (κ1) is 19.2. The van der Waals surface area contributed by atoms with Gasteiger partial charge in [-0.15, -0.1) is 0 Å². The number of carbonyl (C=O) groups excluding carboxylic acids is 2. The molecule has 0 fully saturated rings. The summed E-state index contributed by atoms with van der Waals surface area (Å²) in [7, 11) is 1.78. The lowest BCUT2D eigenvalue weighted by molar-refractivity contribution is -0.128. The van der Waals surface area contributed by atoms with E-state index in [1.807, 2.05) is 30.3 Å². The smallest absolute Gasteiger partial charge is 0.251 e. The summed E-state index contributed by atoms with van der Waals surface area (Å²) in [6.07, 6.45) is 1.57. The average Bonchev–Trinajstić information content (AvgIpc) is 3.25. The van der Waals surface area contributed by atoms with Crippen LogP contribution in [0.1, 0.15) is 21.7 Å². The Morgan fingerprint density at radius 3 is 2.39 bits per heavy atom. The van der Waals surface area contributed by atoms with E-state index < -0.39 is 0 Å². The molecule has 0 spiro atoms. The zero-order valence-corrected chi connectivity index (χ0v) is 15.7. The van der Waals surface area contributed by atoms with Crippen LogP contribution in [0.5, 0.6) is 0 Å². The van der Waals surface area contributed by atoms with Gasteiger partial charge in [-0.2, -0.15) is 0 Å². The zero-order chi connectivity index (χ0) is 19.8. The Kier molecular flexibility index (Phi) is 6.46. The van der Waals surface area contributed by atoms with Gasteiger partial charge >= 0.3 is 0 Å². The van der Waals surface area contributed by atoms with E-state index in [2.05, 4.69) is 10.6 Å². The fourth-order valence-electron chi connectivity index (χ4n) is 2.68. The zero-order valence-electron chi connectivity index (χ0n) is 15.7. The SMILES string of the molecule is CN(Cc1ccccc1)C(=O)CNc1ccc(C(=O)NCc2ccco2)cc1. The summed E-state index contributed by atoms with van der Waals surface area (Å²) in [6.45, 7) is 1.09. The van der Waals surface area contributed by atoms with Crippen LogP contribution in [-0.2, 0) is 17.9 Å². The molecule has 0 aliphatic rings. The van der Waals surface area contributed by atoms with Crippen LogP contribution in [0.15, 0.2) is 77.4 Å². The minimum Gasteiger partial charge on any atom is -0.467 e. The van der Waals surface area contributed by atoms with Crippen LogP contribution in [0.25, 0.3) is 0 Å². The molecule has 0 radical (unpaired) electrons. The molecule has 0 atom stereocenters. The topological polar surface area (TPSA) is 74.6 Å². The summed E-state index contributed by atoms with van der Waals surface area (Å²) in [5, 5.41) is 5.89. The predicted octanol–water partition coefficient (Wildman–Crippen LogP) is 3.28. The molecule has 6 heteroatoms. The predicted molar refractivity (Wildman–Crippen MR) is 108 cm³/mol. The second kappa shape index (κ2) is 9.41. The number of likely N-dealkylation sites (N-methyl/N-ethyl adjacent to an activating group) is 1. The first-order valence-corrected chi connectivity index (χ1v) is 9.04. The van der Waals surface area contributed by atoms with E-state index in [1.165, 1.54) is 0 Å². The monoisotopic (exact) mass is 377 g/mol. The van der Waals surface area contributed by atoms with Crippen LogP contribution in [-0.4, -0.2) is 30.3 Å². The number of amides is 2. The van der Waals surface area contributed by atoms with Crippen LogP contribution in [0, 0.1) is 0 Å². The fraction of sp³-hybridized carbons (Fsp3) is 0.182. The van der Waals surface area contributed by atoms with Crippen molar-refractivity contribution >= 4 is 17.5 Å². The van der Waals surface area contributed by atoms with Crippen LogP contribution in [0.2, 0.25) is 0 Å². The molecule has 2 N–H and O–H groups in total. The van der Waals surface area contributed by atoms with E-state index in [9.17, 15) is 9.59 Å². The summed E-state index contributed by atoms with van der Waals surface area (Å²) in [4.78, 5) is 26.1. The van der Waals surface area contributed by atoms with E-state index in [0.29, 0.717) is 24.4 Å². The third kappa shape index (κ3) is 5.48. The number of anilines is 1. The molecule has 0 bridgehead atoms. The van der Waals surface area contributed by atoms with Gasteiger partial charge < -0.3 is 20.0 Å². The van der Waals surface area contributed by atoms with Gasteiger partial charge in [-0.25, -0.2) is 0 Å². The summed E-state index contributed by atoms with van der Waals surface area (Å²) in [6, 6.07) is 20.4. The lowest BCUT2D eigenvalue weighted by atomic mass is 10.2. The molecule has 144 valence electrons. The number of hydrogen-bond acceptors (Lipinski definition) is 4. The highest BCUT2D eigenvalue weighted by Gasteiger charge is 2.10. The van der Waals surface area contributed by atoms with Crippen molar-refractivity contribution < 1.29 is 14.0 Å². The lowest BCUT2D eigenvalue weighted by Crippen LogP contribution is -2.31. The molecule has 0 saturated heterocycles. The third-order valence-electron chi connectivity index (χ3n) is 4.28. The second-order valence-corrected chi connectivity index (χ2v) is 6.43. The van der Waals surface area contributed by atoms with Crippen LogP contribution in [0.3, 0.4) is 0 Å². The van der Waals surface area contributed by atoms with Crippen molar-refractivity contribution in [2.45, 2.75) is 13.1 Å². The van der Waals surface area contributed by atoms with Crippen LogP contribution < -0.4 is 10.6 Å². The van der Waals surface area contributed by atoms with Crippen molar-refractivity contribution in [3.05, 3.63) is 89.9 Å². The van der Waals surface area contributed by atoms with Crippen LogP contribution in [0.4, 0.5) is 5.69 Å². The van der Waals surface area contributed by atoms with E-state index in [-0.39, 0.29) is 18.4 Å². The lowest BCUT2D eigenvalue weighted by Gasteiger charge is -2.18. The van der Waals surface area contributed by atoms with Gasteiger partial charge in [0, 0.05) is 24.8 Å². The summed E-state index contributed by atoms with van der Waals surface area (Å²) >= 11 is 0. The summed E-state index contributed by atoms with van der Waals surface area (Å²) in [5.74, 6) is 0.510. The average molecular weight is 377 g/mol. The molecule has 0 unspecified atom stereocenters. The normalized spacial score (nSPS) is 10.3. The van der Waals surface area contributed by atoms with Gasteiger partial charge in [-0.05, 0) is 42.0 Å². The van der Waals surface area contributed by atoms with Gasteiger partial charge in [0.1, 0.15) is 5.76 Å². The maximum atomic E-state index is 12.3. The van der Waals surface area contributed by atoms with Crippen molar-refractivity contribution in [3.63, 3.8) is 0 Å². The van der Waals surface area contributed by atoms with Crippen molar-refractivity contribution in [1.29, 1.82) is 0 Å². The molecule has 1 aromatic heterocycles. The van der Waals surface area contributed by atoms with Gasteiger partial charge in [0.2, 0.25) is 5.91 Å². The molecule has 3 rings (SSSR count). The molecule has 1 heterocycles. The number of nitrogens with zero attached hydrogens (tertiary/aromatic N) is 1. The number of furan rings is 1. The molecule has 3 aromatic rings. The van der Waals surface area contributed by atoms with E-state index in [4.69, 9.17) is 4.42 Å². The van der Waals surface area contributed by atoms with Crippen molar-refractivity contribution in [1.82, 2.24) is 10.2 Å². The number of carbonyl (C=O) groups is 2. The standard InChI is InChI=1S/C22H23N3O3/c1-25(16-17-6-3-2-4-7-17)21(26)15-23-19-11-9-18(10-12-19)22(27)24-14-20-8-5-13-28-20/h2-13,23H,14-16H2,1H3,(H,24,27). The molecule has 28 heavy (non-hydrogen) atoms. The summed E-state index contributed by atoms with van der Waals surface area (Å²) < 4.78 is 5.19. The summed E-state index contributed by atoms with van der Waals surface area (Å²) in [5.41, 5.74) is 2.41. The molecule has 2 aromatic carbocycles. The maximum Gasteiger partial charge on any atom is 0.251 e. The molecule has 0 aliphatic heterocycles. The molecule has 6 nitrogen and oxygen atoms in total. The minimum atomic E-state index is -0.179. The number of rotatable bonds is 8. The Morgan fingerprint density at radius 2 is 1.71 bits per heavy atom. The third-order valence-corrected chi connectivity index (χ3v) is 4.28. The maximum absolute atomic E-state index is 12.3. The number of hydrogen-bond donors (Lipinski definition) is 2. The van der Waals surface area contributed by atoms with Crippen molar-refractivity contribution in [2.24, 2.45) is 0 Å². The molecule has 2 amide bonds. The first-order chi connectivity index (χ1) is 13.6. The first-order valence-electron chi connectivity index (χ1n) is 9.04. The van der Waals surface area contributed by atoms with Gasteiger partial charge in [-0.3, -0.25) is 9.59 Å². The largest absolute Gasteiger partial charge is 0.467 e. The second-order valence-electron chi connectivity index (χ2n) is 6.43. The molecule has 0 aliphatic carbocycles. The quantitative estimate of drug-likeness (QED) is 0.632. The Hall–Kier alpha value is -3.54. The van der Waals surface area contributed by atoms with Gasteiger partial charge in [0.15, 0.2) is 0 Å². The Balaban J connectivity index is 1.45. The Bertz CT molecular complexity index is 891. The van der Waals surface area contributed by atoms with E-state index in [1.54, 1.807) is 54.6 Å². The van der Waals surface area contributed by atoms with Crippen molar-refractivity contribution in [3.8, 4) is 0 Å². The Labute approximate surface area is 164 Å².